The monoisotopic (exact) mass is 244 g/mol. The maximum absolute atomic E-state index is 8.98. The van der Waals surface area contributed by atoms with Crippen molar-refractivity contribution in [2.24, 2.45) is 5.73 Å². The van der Waals surface area contributed by atoms with Gasteiger partial charge in [-0.25, -0.2) is 0 Å². The van der Waals surface area contributed by atoms with Gasteiger partial charge in [-0.1, -0.05) is 12.1 Å². The lowest BCUT2D eigenvalue weighted by Gasteiger charge is -2.17. The first-order chi connectivity index (χ1) is 8.35. The highest BCUT2D eigenvalue weighted by Crippen LogP contribution is 2.25. The van der Waals surface area contributed by atoms with Crippen molar-refractivity contribution in [2.45, 2.75) is 6.10 Å². The molecule has 4 heteroatoms. The summed E-state index contributed by atoms with van der Waals surface area (Å²) in [5.41, 5.74) is 7.28. The number of nitriles is 1. The van der Waals surface area contributed by atoms with E-state index in [1.54, 1.807) is 23.5 Å². The summed E-state index contributed by atoms with van der Waals surface area (Å²) in [7, 11) is 0. The van der Waals surface area contributed by atoms with Gasteiger partial charge < -0.3 is 10.5 Å². The lowest BCUT2D eigenvalue weighted by Crippen LogP contribution is -2.18. The molecule has 0 fully saturated rings. The summed E-state index contributed by atoms with van der Waals surface area (Å²) in [6.07, 6.45) is -0.198. The van der Waals surface area contributed by atoms with Gasteiger partial charge in [0.1, 0.15) is 17.9 Å². The van der Waals surface area contributed by atoms with Crippen LogP contribution in [0.25, 0.3) is 0 Å². The molecule has 0 radical (unpaired) electrons. The van der Waals surface area contributed by atoms with Crippen LogP contribution in [0.1, 0.15) is 17.2 Å². The number of para-hydroxylation sites is 1. The first-order valence-electron chi connectivity index (χ1n) is 5.23. The molecule has 1 unspecified atom stereocenters. The van der Waals surface area contributed by atoms with Crippen molar-refractivity contribution in [1.82, 2.24) is 0 Å². The molecule has 1 heterocycles. The number of hydrogen-bond acceptors (Lipinski definition) is 4. The van der Waals surface area contributed by atoms with Gasteiger partial charge in [0, 0.05) is 12.1 Å². The summed E-state index contributed by atoms with van der Waals surface area (Å²) in [5.74, 6) is 0.580. The number of benzene rings is 1. The van der Waals surface area contributed by atoms with Gasteiger partial charge in [-0.3, -0.25) is 0 Å². The molecular formula is C13H12N2OS. The Hall–Kier alpha value is -1.83. The molecule has 17 heavy (non-hydrogen) atoms. The Bertz CT molecular complexity index is 516. The Balaban J connectivity index is 2.22. The maximum atomic E-state index is 8.98. The molecule has 2 rings (SSSR count). The van der Waals surface area contributed by atoms with Gasteiger partial charge in [-0.15, -0.1) is 0 Å². The largest absolute Gasteiger partial charge is 0.483 e. The highest BCUT2D eigenvalue weighted by molar-refractivity contribution is 7.07. The summed E-state index contributed by atoms with van der Waals surface area (Å²) in [4.78, 5) is 0. The second kappa shape index (κ2) is 5.48. The van der Waals surface area contributed by atoms with Crippen molar-refractivity contribution in [3.8, 4) is 11.8 Å². The maximum Gasteiger partial charge on any atom is 0.138 e. The minimum atomic E-state index is -0.198. The fourth-order valence-electron chi connectivity index (χ4n) is 1.53. The third-order valence-corrected chi connectivity index (χ3v) is 3.11. The van der Waals surface area contributed by atoms with Crippen LogP contribution in [0.4, 0.5) is 0 Å². The third kappa shape index (κ3) is 2.64. The molecule has 0 amide bonds. The standard InChI is InChI=1S/C13H12N2OS/c14-7-10-3-1-2-4-12(10)16-13(8-15)11-5-6-17-9-11/h1-6,9,13H,8,15H2. The van der Waals surface area contributed by atoms with Crippen molar-refractivity contribution in [1.29, 1.82) is 5.26 Å². The van der Waals surface area contributed by atoms with Crippen LogP contribution in [0.3, 0.4) is 0 Å². The second-order valence-corrected chi connectivity index (χ2v) is 4.29. The molecule has 0 saturated heterocycles. The fourth-order valence-corrected chi connectivity index (χ4v) is 2.23. The molecule has 1 atom stereocenters. The molecule has 1 aromatic carbocycles. The Morgan fingerprint density at radius 1 is 1.35 bits per heavy atom. The van der Waals surface area contributed by atoms with E-state index < -0.39 is 0 Å². The Morgan fingerprint density at radius 3 is 2.82 bits per heavy atom. The van der Waals surface area contributed by atoms with Gasteiger partial charge in [0.15, 0.2) is 0 Å². The molecule has 0 aliphatic rings. The smallest absolute Gasteiger partial charge is 0.138 e. The topological polar surface area (TPSA) is 59.0 Å². The van der Waals surface area contributed by atoms with Crippen LogP contribution < -0.4 is 10.5 Å². The highest BCUT2D eigenvalue weighted by Gasteiger charge is 2.13. The fraction of sp³-hybridized carbons (Fsp3) is 0.154. The molecular weight excluding hydrogens is 232 g/mol. The SMILES string of the molecule is N#Cc1ccccc1OC(CN)c1ccsc1. The first-order valence-corrected chi connectivity index (χ1v) is 6.17. The zero-order valence-electron chi connectivity index (χ0n) is 9.17. The van der Waals surface area contributed by atoms with E-state index >= 15 is 0 Å². The van der Waals surface area contributed by atoms with E-state index in [0.717, 1.165) is 5.56 Å². The van der Waals surface area contributed by atoms with Crippen molar-refractivity contribution in [3.05, 3.63) is 52.2 Å². The number of ether oxygens (including phenoxy) is 1. The number of thiophene rings is 1. The molecule has 2 N–H and O–H groups in total. The van der Waals surface area contributed by atoms with E-state index in [0.29, 0.717) is 17.9 Å². The lowest BCUT2D eigenvalue weighted by molar-refractivity contribution is 0.214. The molecule has 86 valence electrons. The zero-order chi connectivity index (χ0) is 12.1. The predicted molar refractivity (Wildman–Crippen MR) is 67.9 cm³/mol. The molecule has 0 bridgehead atoms. The Kier molecular flexibility index (Phi) is 3.76. The highest BCUT2D eigenvalue weighted by atomic mass is 32.1. The van der Waals surface area contributed by atoms with Crippen molar-refractivity contribution in [2.75, 3.05) is 6.54 Å². The van der Waals surface area contributed by atoms with Crippen LogP contribution in [0.5, 0.6) is 5.75 Å². The first kappa shape index (κ1) is 11.6. The number of nitrogens with zero attached hydrogens (tertiary/aromatic N) is 1. The predicted octanol–water partition coefficient (Wildman–Crippen LogP) is 2.70. The Morgan fingerprint density at radius 2 is 2.18 bits per heavy atom. The molecule has 2 aromatic rings. The second-order valence-electron chi connectivity index (χ2n) is 3.51. The minimum Gasteiger partial charge on any atom is -0.483 e. The van der Waals surface area contributed by atoms with Crippen LogP contribution in [0.15, 0.2) is 41.1 Å². The van der Waals surface area contributed by atoms with Gasteiger partial charge >= 0.3 is 0 Å². The molecule has 1 aromatic heterocycles. The minimum absolute atomic E-state index is 0.198. The van der Waals surface area contributed by atoms with Crippen LogP contribution in [0, 0.1) is 11.3 Å². The summed E-state index contributed by atoms with van der Waals surface area (Å²) >= 11 is 1.60. The Labute approximate surface area is 104 Å². The van der Waals surface area contributed by atoms with Crippen molar-refractivity contribution in [3.63, 3.8) is 0 Å². The van der Waals surface area contributed by atoms with E-state index in [9.17, 15) is 0 Å². The van der Waals surface area contributed by atoms with Gasteiger partial charge in [-0.2, -0.15) is 16.6 Å². The van der Waals surface area contributed by atoms with Gasteiger partial charge in [-0.05, 0) is 29.0 Å². The van der Waals surface area contributed by atoms with Crippen molar-refractivity contribution >= 4 is 11.3 Å². The zero-order valence-corrected chi connectivity index (χ0v) is 9.98. The van der Waals surface area contributed by atoms with Crippen LogP contribution in [-0.4, -0.2) is 6.54 Å². The summed E-state index contributed by atoms with van der Waals surface area (Å²) in [6, 6.07) is 11.3. The third-order valence-electron chi connectivity index (χ3n) is 2.41. The van der Waals surface area contributed by atoms with Crippen LogP contribution in [-0.2, 0) is 0 Å². The molecule has 0 aliphatic carbocycles. The van der Waals surface area contributed by atoms with Gasteiger partial charge in [0.2, 0.25) is 0 Å². The number of rotatable bonds is 4. The summed E-state index contributed by atoms with van der Waals surface area (Å²) < 4.78 is 5.79. The lowest BCUT2D eigenvalue weighted by atomic mass is 10.2. The number of hydrogen-bond donors (Lipinski definition) is 1. The van der Waals surface area contributed by atoms with E-state index in [-0.39, 0.29) is 6.10 Å². The van der Waals surface area contributed by atoms with Crippen LogP contribution in [0.2, 0.25) is 0 Å². The van der Waals surface area contributed by atoms with Crippen molar-refractivity contribution < 1.29 is 4.74 Å². The quantitative estimate of drug-likeness (QED) is 0.899. The number of nitrogens with two attached hydrogens (primary N) is 1. The average molecular weight is 244 g/mol. The molecule has 3 nitrogen and oxygen atoms in total. The summed E-state index contributed by atoms with van der Waals surface area (Å²) in [5, 5.41) is 13.0. The van der Waals surface area contributed by atoms with Crippen LogP contribution >= 0.6 is 11.3 Å². The molecule has 0 saturated carbocycles. The van der Waals surface area contributed by atoms with Gasteiger partial charge in [0.05, 0.1) is 5.56 Å². The van der Waals surface area contributed by atoms with E-state index in [4.69, 9.17) is 15.7 Å². The van der Waals surface area contributed by atoms with E-state index in [2.05, 4.69) is 6.07 Å². The van der Waals surface area contributed by atoms with E-state index in [1.165, 1.54) is 0 Å². The molecule has 0 spiro atoms. The van der Waals surface area contributed by atoms with E-state index in [1.807, 2.05) is 29.0 Å². The normalized spacial score (nSPS) is 11.8. The molecule has 0 aliphatic heterocycles. The van der Waals surface area contributed by atoms with Gasteiger partial charge in [0.25, 0.3) is 0 Å². The summed E-state index contributed by atoms with van der Waals surface area (Å²) in [6.45, 7) is 0.385. The average Bonchev–Trinajstić information content (AvgIpc) is 2.90.